The highest BCUT2D eigenvalue weighted by Crippen LogP contribution is 2.43. The second-order valence-corrected chi connectivity index (χ2v) is 9.80. The minimum Gasteiger partial charge on any atom is -0.481 e. The van der Waals surface area contributed by atoms with Crippen LogP contribution in [0, 0.1) is 0 Å². The van der Waals surface area contributed by atoms with Crippen LogP contribution in [-0.4, -0.2) is 32.3 Å². The van der Waals surface area contributed by atoms with Gasteiger partial charge in [0, 0.05) is 40.8 Å². The summed E-state index contributed by atoms with van der Waals surface area (Å²) < 4.78 is 49.2. The fraction of sp³-hybridized carbons (Fsp3) is 0.370. The summed E-state index contributed by atoms with van der Waals surface area (Å²) in [5.41, 5.74) is 2.46. The van der Waals surface area contributed by atoms with E-state index in [1.807, 2.05) is 24.3 Å². The van der Waals surface area contributed by atoms with Crippen molar-refractivity contribution in [1.82, 2.24) is 20.0 Å². The zero-order chi connectivity index (χ0) is 25.7. The number of carbonyl (C=O) groups is 1. The van der Waals surface area contributed by atoms with Gasteiger partial charge in [0.05, 0.1) is 18.0 Å². The number of nitrogens with one attached hydrogen (secondary N) is 1. The van der Waals surface area contributed by atoms with E-state index in [9.17, 15) is 23.1 Å². The van der Waals surface area contributed by atoms with Crippen molar-refractivity contribution in [2.24, 2.45) is 0 Å². The Bertz CT molecular complexity index is 1480. The molecule has 1 aliphatic carbocycles. The number of benzene rings is 2. The molecule has 6 rings (SSSR count). The molecule has 1 aliphatic heterocycles. The lowest BCUT2D eigenvalue weighted by Gasteiger charge is -2.25. The lowest BCUT2D eigenvalue weighted by molar-refractivity contribution is -0.139. The van der Waals surface area contributed by atoms with Crippen molar-refractivity contribution < 1.29 is 27.6 Å². The van der Waals surface area contributed by atoms with E-state index in [0.29, 0.717) is 17.7 Å². The van der Waals surface area contributed by atoms with Crippen molar-refractivity contribution in [3.05, 3.63) is 59.3 Å². The molecule has 2 aliphatic rings. The number of hydrogen-bond donors (Lipinski definition) is 2. The van der Waals surface area contributed by atoms with Gasteiger partial charge in [-0.3, -0.25) is 4.79 Å². The van der Waals surface area contributed by atoms with Gasteiger partial charge in [-0.2, -0.15) is 18.2 Å². The van der Waals surface area contributed by atoms with Crippen LogP contribution in [-0.2, 0) is 17.5 Å². The zero-order valence-electron chi connectivity index (χ0n) is 19.9. The topological polar surface area (TPSA) is 93.2 Å². The molecule has 0 spiro atoms. The second kappa shape index (κ2) is 9.02. The molecule has 0 saturated heterocycles. The van der Waals surface area contributed by atoms with Crippen molar-refractivity contribution >= 4 is 16.9 Å². The van der Waals surface area contributed by atoms with E-state index < -0.39 is 17.7 Å². The molecule has 37 heavy (non-hydrogen) atoms. The molecule has 0 bridgehead atoms. The number of carboxylic acid groups (broad SMARTS) is 1. The molecule has 0 radical (unpaired) electrons. The van der Waals surface area contributed by atoms with Crippen LogP contribution in [0.25, 0.3) is 33.7 Å². The largest absolute Gasteiger partial charge is 0.481 e. The maximum absolute atomic E-state index is 13.9. The van der Waals surface area contributed by atoms with Crippen LogP contribution in [0.15, 0.2) is 47.0 Å². The number of fused-ring (bicyclic) bond motifs is 3. The smallest absolute Gasteiger partial charge is 0.416 e. The van der Waals surface area contributed by atoms with Gasteiger partial charge in [-0.1, -0.05) is 24.1 Å². The highest BCUT2D eigenvalue weighted by atomic mass is 19.4. The number of hydrogen-bond acceptors (Lipinski definition) is 5. The van der Waals surface area contributed by atoms with Gasteiger partial charge in [0.25, 0.3) is 5.89 Å². The first-order chi connectivity index (χ1) is 17.8. The molecule has 4 aromatic rings. The highest BCUT2D eigenvalue weighted by molar-refractivity contribution is 5.86. The Morgan fingerprint density at radius 3 is 2.65 bits per heavy atom. The summed E-state index contributed by atoms with van der Waals surface area (Å²) in [5.74, 6) is -0.648. The number of nitrogens with zero attached hydrogens (tertiary/aromatic N) is 3. The van der Waals surface area contributed by atoms with Crippen molar-refractivity contribution in [3.8, 4) is 22.8 Å². The maximum atomic E-state index is 13.9. The summed E-state index contributed by atoms with van der Waals surface area (Å²) in [6, 6.07) is 11.6. The Labute approximate surface area is 210 Å². The second-order valence-electron chi connectivity index (χ2n) is 9.80. The van der Waals surface area contributed by atoms with Gasteiger partial charge in [-0.15, -0.1) is 0 Å². The van der Waals surface area contributed by atoms with Crippen LogP contribution in [0.4, 0.5) is 13.2 Å². The number of halogens is 3. The highest BCUT2D eigenvalue weighted by Gasteiger charge is 2.36. The lowest BCUT2D eigenvalue weighted by atomic mass is 9.91. The Balaban J connectivity index is 1.33. The minimum atomic E-state index is -4.47. The van der Waals surface area contributed by atoms with Gasteiger partial charge in [0.2, 0.25) is 5.82 Å². The molecule has 10 heteroatoms. The van der Waals surface area contributed by atoms with Gasteiger partial charge in [0.15, 0.2) is 0 Å². The molecule has 2 aromatic carbocycles. The zero-order valence-corrected chi connectivity index (χ0v) is 19.9. The van der Waals surface area contributed by atoms with Crippen molar-refractivity contribution in [1.29, 1.82) is 0 Å². The van der Waals surface area contributed by atoms with E-state index in [1.165, 1.54) is 0 Å². The molecule has 1 saturated carbocycles. The lowest BCUT2D eigenvalue weighted by Crippen LogP contribution is -2.34. The Hall–Kier alpha value is -3.66. The van der Waals surface area contributed by atoms with Crippen molar-refractivity contribution in [2.45, 2.75) is 56.8 Å². The van der Waals surface area contributed by atoms with Gasteiger partial charge in [-0.25, -0.2) is 0 Å². The Morgan fingerprint density at radius 2 is 1.89 bits per heavy atom. The van der Waals surface area contributed by atoms with E-state index in [0.717, 1.165) is 54.9 Å². The SMILES string of the molecule is O=C(O)C[C@@H]1NCCn2c1cc1cc(-c3noc(-c4ccc(C5CCCC5)c(C(F)(F)F)c4)n3)ccc12. The standard InChI is InChI=1S/C27H25F3N4O3/c28-27(29,30)20-12-17(5-7-19(20)15-3-1-2-4-15)26-32-25(33-37-26)16-6-8-22-18(11-16)13-23-21(14-24(35)36)31-9-10-34(22)23/h5-8,11-13,15,21,31H,1-4,9-10,14H2,(H,35,36)/t21-/m0/s1. The van der Waals surface area contributed by atoms with Crippen LogP contribution in [0.2, 0.25) is 0 Å². The Kier molecular flexibility index (Phi) is 5.78. The molecule has 2 N–H and O–H groups in total. The van der Waals surface area contributed by atoms with Gasteiger partial charge >= 0.3 is 12.1 Å². The van der Waals surface area contributed by atoms with Gasteiger partial charge in [-0.05, 0) is 60.7 Å². The molecular formula is C27H25F3N4O3. The van der Waals surface area contributed by atoms with E-state index >= 15 is 0 Å². The summed E-state index contributed by atoms with van der Waals surface area (Å²) in [6.45, 7) is 1.39. The Morgan fingerprint density at radius 1 is 1.11 bits per heavy atom. The fourth-order valence-corrected chi connectivity index (χ4v) is 5.76. The normalized spacial score (nSPS) is 18.4. The summed E-state index contributed by atoms with van der Waals surface area (Å²) in [6.07, 6.45) is -1.05. The summed E-state index contributed by atoms with van der Waals surface area (Å²) in [4.78, 5) is 15.7. The molecule has 3 heterocycles. The fourth-order valence-electron chi connectivity index (χ4n) is 5.76. The van der Waals surface area contributed by atoms with E-state index in [4.69, 9.17) is 4.52 Å². The maximum Gasteiger partial charge on any atom is 0.416 e. The third-order valence-electron chi connectivity index (χ3n) is 7.48. The van der Waals surface area contributed by atoms with Crippen molar-refractivity contribution in [2.75, 3.05) is 6.54 Å². The number of aliphatic carboxylic acids is 1. The first-order valence-corrected chi connectivity index (χ1v) is 12.4. The summed E-state index contributed by atoms with van der Waals surface area (Å²) in [5, 5.41) is 17.4. The molecule has 7 nitrogen and oxygen atoms in total. The van der Waals surface area contributed by atoms with Gasteiger partial charge < -0.3 is 19.5 Å². The average Bonchev–Trinajstić information content (AvgIpc) is 3.62. The third-order valence-corrected chi connectivity index (χ3v) is 7.48. The van der Waals surface area contributed by atoms with Crippen LogP contribution in [0.5, 0.6) is 0 Å². The number of alkyl halides is 3. The number of carboxylic acids is 1. The number of rotatable bonds is 5. The summed E-state index contributed by atoms with van der Waals surface area (Å²) in [7, 11) is 0. The number of aromatic nitrogens is 3. The van der Waals surface area contributed by atoms with Crippen molar-refractivity contribution in [3.63, 3.8) is 0 Å². The first-order valence-electron chi connectivity index (χ1n) is 12.4. The molecule has 1 fully saturated rings. The van der Waals surface area contributed by atoms with E-state index in [-0.39, 0.29) is 35.7 Å². The van der Waals surface area contributed by atoms with Crippen LogP contribution in [0.3, 0.4) is 0 Å². The van der Waals surface area contributed by atoms with E-state index in [2.05, 4.69) is 20.0 Å². The predicted molar refractivity (Wildman–Crippen MR) is 130 cm³/mol. The van der Waals surface area contributed by atoms with Gasteiger partial charge in [0.1, 0.15) is 0 Å². The third kappa shape index (κ3) is 4.39. The molecule has 0 unspecified atom stereocenters. The quantitative estimate of drug-likeness (QED) is 0.334. The first kappa shape index (κ1) is 23.7. The monoisotopic (exact) mass is 510 g/mol. The van der Waals surface area contributed by atoms with E-state index in [1.54, 1.807) is 12.1 Å². The van der Waals surface area contributed by atoms with Crippen LogP contribution < -0.4 is 5.32 Å². The molecule has 0 amide bonds. The predicted octanol–water partition coefficient (Wildman–Crippen LogP) is 6.15. The van der Waals surface area contributed by atoms with Crippen LogP contribution >= 0.6 is 0 Å². The summed E-state index contributed by atoms with van der Waals surface area (Å²) >= 11 is 0. The molecular weight excluding hydrogens is 485 g/mol. The molecule has 192 valence electrons. The molecule has 1 atom stereocenters. The minimum absolute atomic E-state index is 0.0170. The van der Waals surface area contributed by atoms with Crippen LogP contribution in [0.1, 0.15) is 60.9 Å². The molecule has 2 aromatic heterocycles. The average molecular weight is 511 g/mol.